The van der Waals surface area contributed by atoms with E-state index >= 15 is 0 Å². The molecule has 2 saturated heterocycles. The quantitative estimate of drug-likeness (QED) is 0.712. The second kappa shape index (κ2) is 6.78. The Bertz CT molecular complexity index is 610. The molecule has 0 spiro atoms. The maximum Gasteiger partial charge on any atom is 0.324 e. The summed E-state index contributed by atoms with van der Waals surface area (Å²) in [4.78, 5) is 36.6. The van der Waals surface area contributed by atoms with E-state index in [9.17, 15) is 14.4 Å². The van der Waals surface area contributed by atoms with Gasteiger partial charge in [-0.15, -0.1) is 0 Å². The van der Waals surface area contributed by atoms with E-state index in [0.29, 0.717) is 12.2 Å². The molecule has 1 atom stereocenters. The fourth-order valence-corrected chi connectivity index (χ4v) is 2.87. The standard InChI is InChI=1S/C16H20N4O3/c21-14-9-18-16(23)20(14)10-11-3-1-5-13(7-11)19-15(22)12-4-2-6-17-8-12/h1,3,5,7,12,17H,2,4,6,8-10H2,(H,18,23)(H,19,22). The number of carbonyl (C=O) groups excluding carboxylic acids is 3. The lowest BCUT2D eigenvalue weighted by atomic mass is 9.99. The molecule has 3 N–H and O–H groups in total. The first-order valence-corrected chi connectivity index (χ1v) is 7.82. The third-order valence-corrected chi connectivity index (χ3v) is 4.14. The van der Waals surface area contributed by atoms with Gasteiger partial charge in [0.1, 0.15) is 0 Å². The first kappa shape index (κ1) is 15.5. The number of anilines is 1. The molecule has 2 fully saturated rings. The van der Waals surface area contributed by atoms with Crippen molar-refractivity contribution in [1.82, 2.24) is 15.5 Å². The first-order chi connectivity index (χ1) is 11.1. The summed E-state index contributed by atoms with van der Waals surface area (Å²) in [5, 5.41) is 8.63. The predicted octanol–water partition coefficient (Wildman–Crippen LogP) is 0.677. The van der Waals surface area contributed by atoms with Crippen molar-refractivity contribution in [2.75, 3.05) is 25.0 Å². The highest BCUT2D eigenvalue weighted by Gasteiger charge is 2.28. The predicted molar refractivity (Wildman–Crippen MR) is 84.6 cm³/mol. The van der Waals surface area contributed by atoms with Gasteiger partial charge in [-0.2, -0.15) is 0 Å². The Morgan fingerprint density at radius 1 is 1.35 bits per heavy atom. The molecule has 23 heavy (non-hydrogen) atoms. The zero-order chi connectivity index (χ0) is 16.2. The molecular weight excluding hydrogens is 296 g/mol. The summed E-state index contributed by atoms with van der Waals surface area (Å²) in [5.41, 5.74) is 1.49. The van der Waals surface area contributed by atoms with Gasteiger partial charge in [0.15, 0.2) is 0 Å². The van der Waals surface area contributed by atoms with E-state index in [-0.39, 0.29) is 36.9 Å². The van der Waals surface area contributed by atoms with Gasteiger partial charge in [0.05, 0.1) is 19.0 Å². The summed E-state index contributed by atoms with van der Waals surface area (Å²) in [5.74, 6) is -0.250. The number of imide groups is 1. The Morgan fingerprint density at radius 3 is 2.91 bits per heavy atom. The second-order valence-corrected chi connectivity index (χ2v) is 5.87. The molecular formula is C16H20N4O3. The van der Waals surface area contributed by atoms with E-state index in [1.807, 2.05) is 18.2 Å². The lowest BCUT2D eigenvalue weighted by molar-refractivity contribution is -0.125. The van der Waals surface area contributed by atoms with Crippen LogP contribution >= 0.6 is 0 Å². The van der Waals surface area contributed by atoms with Crippen molar-refractivity contribution < 1.29 is 14.4 Å². The highest BCUT2D eigenvalue weighted by Crippen LogP contribution is 2.17. The van der Waals surface area contributed by atoms with Gasteiger partial charge >= 0.3 is 6.03 Å². The highest BCUT2D eigenvalue weighted by molar-refractivity contribution is 6.01. The van der Waals surface area contributed by atoms with E-state index < -0.39 is 0 Å². The Morgan fingerprint density at radius 2 is 2.22 bits per heavy atom. The van der Waals surface area contributed by atoms with E-state index in [2.05, 4.69) is 16.0 Å². The van der Waals surface area contributed by atoms with E-state index in [0.717, 1.165) is 24.9 Å². The molecule has 7 nitrogen and oxygen atoms in total. The van der Waals surface area contributed by atoms with Crippen LogP contribution in [0.2, 0.25) is 0 Å². The molecule has 3 rings (SSSR count). The number of nitrogens with zero attached hydrogens (tertiary/aromatic N) is 1. The van der Waals surface area contributed by atoms with Crippen molar-refractivity contribution in [2.24, 2.45) is 5.92 Å². The van der Waals surface area contributed by atoms with Gasteiger partial charge in [0.2, 0.25) is 11.8 Å². The lowest BCUT2D eigenvalue weighted by Crippen LogP contribution is -2.37. The van der Waals surface area contributed by atoms with Crippen LogP contribution in [0, 0.1) is 5.92 Å². The molecule has 1 aromatic carbocycles. The Hall–Kier alpha value is -2.41. The molecule has 2 heterocycles. The van der Waals surface area contributed by atoms with Crippen molar-refractivity contribution in [3.63, 3.8) is 0 Å². The molecule has 2 aliphatic rings. The molecule has 0 aliphatic carbocycles. The van der Waals surface area contributed by atoms with Crippen LogP contribution in [-0.2, 0) is 16.1 Å². The minimum atomic E-state index is -0.377. The van der Waals surface area contributed by atoms with Crippen molar-refractivity contribution in [3.05, 3.63) is 29.8 Å². The zero-order valence-corrected chi connectivity index (χ0v) is 12.8. The van der Waals surface area contributed by atoms with Crippen LogP contribution in [0.3, 0.4) is 0 Å². The van der Waals surface area contributed by atoms with Gasteiger partial charge in [0.25, 0.3) is 0 Å². The summed E-state index contributed by atoms with van der Waals surface area (Å²) < 4.78 is 0. The third kappa shape index (κ3) is 3.68. The number of amides is 4. The molecule has 1 unspecified atom stereocenters. The lowest BCUT2D eigenvalue weighted by Gasteiger charge is -2.22. The minimum absolute atomic E-state index is 0.00402. The number of nitrogens with one attached hydrogen (secondary N) is 3. The summed E-state index contributed by atoms with van der Waals surface area (Å²) in [6.07, 6.45) is 1.89. The molecule has 4 amide bonds. The zero-order valence-electron chi connectivity index (χ0n) is 12.8. The summed E-state index contributed by atoms with van der Waals surface area (Å²) in [6.45, 7) is 1.92. The van der Waals surface area contributed by atoms with E-state index in [1.54, 1.807) is 6.07 Å². The Kier molecular flexibility index (Phi) is 4.57. The van der Waals surface area contributed by atoms with Crippen LogP contribution in [0.25, 0.3) is 0 Å². The van der Waals surface area contributed by atoms with Gasteiger partial charge in [0, 0.05) is 12.2 Å². The molecule has 0 bridgehead atoms. The van der Waals surface area contributed by atoms with E-state index in [1.165, 1.54) is 4.90 Å². The summed E-state index contributed by atoms with van der Waals surface area (Å²) >= 11 is 0. The molecule has 0 radical (unpaired) electrons. The van der Waals surface area contributed by atoms with Gasteiger partial charge in [-0.05, 0) is 37.1 Å². The number of urea groups is 1. The largest absolute Gasteiger partial charge is 0.329 e. The monoisotopic (exact) mass is 316 g/mol. The molecule has 2 aliphatic heterocycles. The van der Waals surface area contributed by atoms with Gasteiger partial charge in [-0.3, -0.25) is 14.5 Å². The number of rotatable bonds is 4. The SMILES string of the molecule is O=C(Nc1cccc(CN2C(=O)CNC2=O)c1)C1CCCNC1. The van der Waals surface area contributed by atoms with Crippen molar-refractivity contribution in [2.45, 2.75) is 19.4 Å². The molecule has 122 valence electrons. The van der Waals surface area contributed by atoms with Crippen LogP contribution in [0.15, 0.2) is 24.3 Å². The summed E-state index contributed by atoms with van der Waals surface area (Å²) in [6, 6.07) is 6.87. The van der Waals surface area contributed by atoms with Crippen LogP contribution in [0.5, 0.6) is 0 Å². The number of benzene rings is 1. The van der Waals surface area contributed by atoms with Crippen LogP contribution < -0.4 is 16.0 Å². The van der Waals surface area contributed by atoms with Crippen LogP contribution in [0.1, 0.15) is 18.4 Å². The molecule has 0 saturated carbocycles. The topological polar surface area (TPSA) is 90.5 Å². The smallest absolute Gasteiger partial charge is 0.324 e. The fraction of sp³-hybridized carbons (Fsp3) is 0.438. The fourth-order valence-electron chi connectivity index (χ4n) is 2.87. The number of carbonyl (C=O) groups is 3. The molecule has 1 aromatic rings. The summed E-state index contributed by atoms with van der Waals surface area (Å²) in [7, 11) is 0. The number of hydrogen-bond acceptors (Lipinski definition) is 4. The van der Waals surface area contributed by atoms with Gasteiger partial charge in [-0.1, -0.05) is 12.1 Å². The highest BCUT2D eigenvalue weighted by atomic mass is 16.2. The number of hydrogen-bond donors (Lipinski definition) is 3. The van der Waals surface area contributed by atoms with E-state index in [4.69, 9.17) is 0 Å². The minimum Gasteiger partial charge on any atom is -0.329 e. The first-order valence-electron chi connectivity index (χ1n) is 7.82. The normalized spacial score (nSPS) is 21.2. The Labute approximate surface area is 134 Å². The molecule has 7 heteroatoms. The second-order valence-electron chi connectivity index (χ2n) is 5.87. The third-order valence-electron chi connectivity index (χ3n) is 4.14. The van der Waals surface area contributed by atoms with Crippen LogP contribution in [-0.4, -0.2) is 42.4 Å². The maximum atomic E-state index is 12.2. The maximum absolute atomic E-state index is 12.2. The average Bonchev–Trinajstić information content (AvgIpc) is 2.88. The average molecular weight is 316 g/mol. The van der Waals surface area contributed by atoms with Gasteiger partial charge < -0.3 is 16.0 Å². The van der Waals surface area contributed by atoms with Crippen LogP contribution in [0.4, 0.5) is 10.5 Å². The number of piperidine rings is 1. The van der Waals surface area contributed by atoms with Crippen molar-refractivity contribution in [1.29, 1.82) is 0 Å². The van der Waals surface area contributed by atoms with Crippen molar-refractivity contribution >= 4 is 23.5 Å². The molecule has 0 aromatic heterocycles. The van der Waals surface area contributed by atoms with Crippen molar-refractivity contribution in [3.8, 4) is 0 Å². The Balaban J connectivity index is 1.64. The van der Waals surface area contributed by atoms with Gasteiger partial charge in [-0.25, -0.2) is 4.79 Å².